The second-order valence-electron chi connectivity index (χ2n) is 9.82. The Kier molecular flexibility index (Phi) is 6.71. The number of hydrogen-bond acceptors (Lipinski definition) is 5. The van der Waals surface area contributed by atoms with E-state index < -0.39 is 17.1 Å². The van der Waals surface area contributed by atoms with Gasteiger partial charge < -0.3 is 14.4 Å². The van der Waals surface area contributed by atoms with E-state index in [2.05, 4.69) is 4.90 Å². The molecule has 1 spiro atoms. The molecule has 1 saturated heterocycles. The molecule has 0 radical (unpaired) electrons. The van der Waals surface area contributed by atoms with Gasteiger partial charge in [0.1, 0.15) is 17.0 Å². The predicted molar refractivity (Wildman–Crippen MR) is 121 cm³/mol. The molecule has 0 bridgehead atoms. The van der Waals surface area contributed by atoms with Gasteiger partial charge in [-0.3, -0.25) is 4.79 Å². The minimum Gasteiger partial charge on any atom is -0.460 e. The molecule has 1 atom stereocenters. The summed E-state index contributed by atoms with van der Waals surface area (Å²) in [6.45, 7) is 8.09. The molecule has 174 valence electrons. The number of fused-ring (bicyclic) bond motifs is 2. The van der Waals surface area contributed by atoms with Gasteiger partial charge in [0.05, 0.1) is 12.5 Å². The summed E-state index contributed by atoms with van der Waals surface area (Å²) >= 11 is 1.20. The van der Waals surface area contributed by atoms with Crippen molar-refractivity contribution in [3.8, 4) is 0 Å². The van der Waals surface area contributed by atoms with Crippen molar-refractivity contribution in [1.82, 2.24) is 4.90 Å². The van der Waals surface area contributed by atoms with Crippen molar-refractivity contribution in [2.75, 3.05) is 26.2 Å². The highest BCUT2D eigenvalue weighted by Gasteiger charge is 2.43. The van der Waals surface area contributed by atoms with Crippen LogP contribution in [0.25, 0.3) is 0 Å². The van der Waals surface area contributed by atoms with Gasteiger partial charge >= 0.3 is 5.97 Å². The van der Waals surface area contributed by atoms with Crippen molar-refractivity contribution < 1.29 is 23.0 Å². The van der Waals surface area contributed by atoms with Gasteiger partial charge in [0.15, 0.2) is 5.13 Å². The molecule has 4 nitrogen and oxygen atoms in total. The SMILES string of the molecule is CC(C)(C)OC(=O)C(Cc1ccccc1F)CN1CCC2(CC1)OCCc1cc(F)sc12. The number of halogens is 2. The number of carbonyl (C=O) groups is 1. The van der Waals surface area contributed by atoms with Gasteiger partial charge in [0.25, 0.3) is 0 Å². The van der Waals surface area contributed by atoms with Crippen LogP contribution in [-0.4, -0.2) is 42.7 Å². The van der Waals surface area contributed by atoms with Crippen molar-refractivity contribution in [3.05, 3.63) is 57.3 Å². The Morgan fingerprint density at radius 3 is 2.66 bits per heavy atom. The maximum Gasteiger partial charge on any atom is 0.311 e. The fraction of sp³-hybridized carbons (Fsp3) is 0.560. The third-order valence-corrected chi connectivity index (χ3v) is 7.40. The third kappa shape index (κ3) is 5.21. The van der Waals surface area contributed by atoms with E-state index in [1.54, 1.807) is 24.3 Å². The van der Waals surface area contributed by atoms with Crippen molar-refractivity contribution in [2.45, 2.75) is 57.7 Å². The molecule has 32 heavy (non-hydrogen) atoms. The summed E-state index contributed by atoms with van der Waals surface area (Å²) in [5, 5.41) is -0.155. The highest BCUT2D eigenvalue weighted by atomic mass is 32.1. The van der Waals surface area contributed by atoms with Gasteiger partial charge in [-0.1, -0.05) is 18.2 Å². The Hall–Kier alpha value is -1.83. The molecule has 1 aromatic carbocycles. The molecule has 0 saturated carbocycles. The van der Waals surface area contributed by atoms with Gasteiger partial charge in [-0.2, -0.15) is 4.39 Å². The standard InChI is InChI=1S/C25H31F2NO3S/c1-24(2,3)31-23(29)19(14-17-6-4-5-7-20(17)26)16-28-11-9-25(10-12-28)22-18(8-13-30-25)15-21(27)32-22/h4-7,15,19H,8-14,16H2,1-3H3. The Labute approximate surface area is 192 Å². The molecule has 7 heteroatoms. The van der Waals surface area contributed by atoms with E-state index in [9.17, 15) is 13.6 Å². The van der Waals surface area contributed by atoms with Crippen LogP contribution >= 0.6 is 11.3 Å². The first-order chi connectivity index (χ1) is 15.2. The fourth-order valence-corrected chi connectivity index (χ4v) is 5.84. The summed E-state index contributed by atoms with van der Waals surface area (Å²) < 4.78 is 40.1. The number of nitrogens with zero attached hydrogens (tertiary/aromatic N) is 1. The van der Waals surface area contributed by atoms with Crippen molar-refractivity contribution in [3.63, 3.8) is 0 Å². The number of esters is 1. The van der Waals surface area contributed by atoms with Crippen LogP contribution < -0.4 is 0 Å². The number of ether oxygens (including phenoxy) is 2. The van der Waals surface area contributed by atoms with Crippen LogP contribution in [0.1, 0.15) is 49.6 Å². The topological polar surface area (TPSA) is 38.8 Å². The largest absolute Gasteiger partial charge is 0.460 e. The summed E-state index contributed by atoms with van der Waals surface area (Å²) in [7, 11) is 0. The van der Waals surface area contributed by atoms with Crippen LogP contribution in [0.4, 0.5) is 8.78 Å². The molecule has 2 aliphatic heterocycles. The number of carbonyl (C=O) groups excluding carboxylic acids is 1. The average molecular weight is 464 g/mol. The number of likely N-dealkylation sites (tertiary alicyclic amines) is 1. The van der Waals surface area contributed by atoms with Crippen molar-refractivity contribution in [1.29, 1.82) is 0 Å². The first-order valence-corrected chi connectivity index (χ1v) is 12.1. The van der Waals surface area contributed by atoms with Gasteiger partial charge in [0.2, 0.25) is 0 Å². The molecule has 2 aliphatic rings. The van der Waals surface area contributed by atoms with Crippen molar-refractivity contribution in [2.24, 2.45) is 5.92 Å². The first-order valence-electron chi connectivity index (χ1n) is 11.3. The molecule has 3 heterocycles. The number of piperidine rings is 1. The Balaban J connectivity index is 1.46. The average Bonchev–Trinajstić information content (AvgIpc) is 3.11. The Morgan fingerprint density at radius 1 is 1.25 bits per heavy atom. The van der Waals surface area contributed by atoms with E-state index in [-0.39, 0.29) is 16.9 Å². The van der Waals surface area contributed by atoms with Gasteiger partial charge in [-0.15, -0.1) is 11.3 Å². The maximum atomic E-state index is 14.3. The zero-order chi connectivity index (χ0) is 22.9. The van der Waals surface area contributed by atoms with Crippen LogP contribution in [0.15, 0.2) is 30.3 Å². The van der Waals surface area contributed by atoms with Crippen LogP contribution in [0.2, 0.25) is 0 Å². The highest BCUT2D eigenvalue weighted by molar-refractivity contribution is 7.10. The second kappa shape index (κ2) is 9.20. The highest BCUT2D eigenvalue weighted by Crippen LogP contribution is 2.45. The van der Waals surface area contributed by atoms with Crippen LogP contribution in [0.5, 0.6) is 0 Å². The summed E-state index contributed by atoms with van der Waals surface area (Å²) in [6, 6.07) is 8.22. The van der Waals surface area contributed by atoms with E-state index >= 15 is 0 Å². The molecular formula is C25H31F2NO3S. The number of hydrogen-bond donors (Lipinski definition) is 0. The number of benzene rings is 1. The summed E-state index contributed by atoms with van der Waals surface area (Å²) in [6.07, 6.45) is 2.55. The molecule has 0 N–H and O–H groups in total. The Morgan fingerprint density at radius 2 is 1.97 bits per heavy atom. The second-order valence-corrected chi connectivity index (χ2v) is 10.8. The lowest BCUT2D eigenvalue weighted by molar-refractivity contribution is -0.161. The van der Waals surface area contributed by atoms with E-state index in [1.807, 2.05) is 20.8 Å². The molecule has 0 aliphatic carbocycles. The third-order valence-electron chi connectivity index (χ3n) is 6.25. The smallest absolute Gasteiger partial charge is 0.311 e. The van der Waals surface area contributed by atoms with E-state index in [4.69, 9.17) is 9.47 Å². The van der Waals surface area contributed by atoms with E-state index in [1.165, 1.54) is 17.4 Å². The molecule has 2 aromatic rings. The normalized spacial score (nSPS) is 19.5. The van der Waals surface area contributed by atoms with Gasteiger partial charge in [-0.05, 0) is 69.7 Å². The molecule has 1 fully saturated rings. The zero-order valence-corrected chi connectivity index (χ0v) is 19.8. The van der Waals surface area contributed by atoms with E-state index in [0.29, 0.717) is 25.1 Å². The summed E-state index contributed by atoms with van der Waals surface area (Å²) in [5.74, 6) is -1.08. The molecule has 1 aromatic heterocycles. The van der Waals surface area contributed by atoms with Gasteiger partial charge in [0, 0.05) is 24.5 Å². The molecular weight excluding hydrogens is 432 g/mol. The zero-order valence-electron chi connectivity index (χ0n) is 19.0. The number of rotatable bonds is 5. The quantitative estimate of drug-likeness (QED) is 0.579. The lowest BCUT2D eigenvalue weighted by Gasteiger charge is -2.44. The monoisotopic (exact) mass is 463 g/mol. The number of thiophene rings is 1. The lowest BCUT2D eigenvalue weighted by Crippen LogP contribution is -2.48. The van der Waals surface area contributed by atoms with Crippen LogP contribution in [-0.2, 0) is 32.7 Å². The molecule has 4 rings (SSSR count). The Bertz CT molecular complexity index is 960. The maximum absolute atomic E-state index is 14.3. The van der Waals surface area contributed by atoms with Crippen LogP contribution in [0.3, 0.4) is 0 Å². The van der Waals surface area contributed by atoms with E-state index in [0.717, 1.165) is 42.8 Å². The summed E-state index contributed by atoms with van der Waals surface area (Å²) in [4.78, 5) is 16.2. The van der Waals surface area contributed by atoms with Crippen LogP contribution in [0, 0.1) is 16.9 Å². The van der Waals surface area contributed by atoms with Gasteiger partial charge in [-0.25, -0.2) is 4.39 Å². The minimum absolute atomic E-state index is 0.155. The predicted octanol–water partition coefficient (Wildman–Crippen LogP) is 5.09. The molecule has 0 amide bonds. The van der Waals surface area contributed by atoms with Crippen molar-refractivity contribution >= 4 is 17.3 Å². The first kappa shape index (κ1) is 23.3. The summed E-state index contributed by atoms with van der Waals surface area (Å²) in [5.41, 5.74) is 0.558. The lowest BCUT2D eigenvalue weighted by atomic mass is 9.85. The fourth-order valence-electron chi connectivity index (χ4n) is 4.71. The molecule has 1 unspecified atom stereocenters. The minimum atomic E-state index is -0.605.